The van der Waals surface area contributed by atoms with Crippen molar-refractivity contribution in [1.82, 2.24) is 20.3 Å². The molecule has 10 heteroatoms. The van der Waals surface area contributed by atoms with Crippen LogP contribution < -0.4 is 15.0 Å². The number of nitrogens with one attached hydrogen (secondary N) is 1. The molecule has 6 rings (SSSR count). The zero-order valence-corrected chi connectivity index (χ0v) is 20.2. The summed E-state index contributed by atoms with van der Waals surface area (Å²) in [6, 6.07) is 9.44. The molecule has 2 aliphatic rings. The van der Waals surface area contributed by atoms with Crippen LogP contribution in [0.1, 0.15) is 25.2 Å². The van der Waals surface area contributed by atoms with Crippen LogP contribution in [0.15, 0.2) is 34.7 Å². The standard InChI is InChI=1S/C26H27F2N5O3/c1-15-29-24-21(36-15)11-17(25(23(24)28)35-14-34-2)18-3-4-20-19(30-18)5-6-22(31-20)33-10-7-16(12-33)32-26(13-27)8-9-26/h3-6,11,16,32H,7-10,12-14H2,1-2H3/t16-/m1/s1. The number of alkyl halides is 1. The predicted molar refractivity (Wildman–Crippen MR) is 131 cm³/mol. The van der Waals surface area contributed by atoms with Gasteiger partial charge in [0, 0.05) is 44.3 Å². The van der Waals surface area contributed by atoms with Gasteiger partial charge in [-0.05, 0) is 49.6 Å². The topological polar surface area (TPSA) is 85.5 Å². The fourth-order valence-corrected chi connectivity index (χ4v) is 4.88. The summed E-state index contributed by atoms with van der Waals surface area (Å²) < 4.78 is 44.7. The Morgan fingerprint density at radius 2 is 1.97 bits per heavy atom. The second-order valence-electron chi connectivity index (χ2n) is 9.59. The van der Waals surface area contributed by atoms with Gasteiger partial charge in [-0.2, -0.15) is 0 Å². The van der Waals surface area contributed by atoms with Crippen molar-refractivity contribution >= 4 is 28.0 Å². The van der Waals surface area contributed by atoms with Crippen molar-refractivity contribution < 1.29 is 22.7 Å². The first-order chi connectivity index (χ1) is 17.5. The van der Waals surface area contributed by atoms with Crippen molar-refractivity contribution in [2.45, 2.75) is 37.8 Å². The molecule has 0 unspecified atom stereocenters. The van der Waals surface area contributed by atoms with Gasteiger partial charge >= 0.3 is 0 Å². The molecule has 4 heterocycles. The number of hydrogen-bond acceptors (Lipinski definition) is 8. The van der Waals surface area contributed by atoms with Gasteiger partial charge in [-0.3, -0.25) is 0 Å². The molecule has 1 saturated carbocycles. The van der Waals surface area contributed by atoms with Crippen LogP contribution in [-0.2, 0) is 4.74 Å². The molecule has 1 aliphatic carbocycles. The third kappa shape index (κ3) is 4.14. The third-order valence-electron chi connectivity index (χ3n) is 6.94. The molecule has 3 aromatic heterocycles. The van der Waals surface area contributed by atoms with Gasteiger partial charge in [0.25, 0.3) is 0 Å². The van der Waals surface area contributed by atoms with Crippen LogP contribution in [0.2, 0.25) is 0 Å². The van der Waals surface area contributed by atoms with Gasteiger partial charge in [-0.15, -0.1) is 0 Å². The maximum Gasteiger partial charge on any atom is 0.195 e. The van der Waals surface area contributed by atoms with E-state index in [1.807, 2.05) is 18.2 Å². The maximum atomic E-state index is 15.3. The number of methoxy groups -OCH3 is 1. The molecular formula is C26H27F2N5O3. The normalized spacial score (nSPS) is 18.9. The van der Waals surface area contributed by atoms with E-state index in [-0.39, 0.29) is 36.3 Å². The number of fused-ring (bicyclic) bond motifs is 2. The van der Waals surface area contributed by atoms with E-state index in [0.29, 0.717) is 28.2 Å². The summed E-state index contributed by atoms with van der Waals surface area (Å²) in [6.45, 7) is 2.89. The van der Waals surface area contributed by atoms with Gasteiger partial charge in [0.15, 0.2) is 29.8 Å². The van der Waals surface area contributed by atoms with E-state index in [1.54, 1.807) is 19.1 Å². The van der Waals surface area contributed by atoms with E-state index < -0.39 is 5.82 Å². The van der Waals surface area contributed by atoms with E-state index in [4.69, 9.17) is 23.9 Å². The predicted octanol–water partition coefficient (Wildman–Crippen LogP) is 4.54. The number of ether oxygens (including phenoxy) is 2. The molecular weight excluding hydrogens is 468 g/mol. The van der Waals surface area contributed by atoms with E-state index in [1.165, 1.54) is 7.11 Å². The summed E-state index contributed by atoms with van der Waals surface area (Å²) in [4.78, 5) is 15.9. The number of rotatable bonds is 8. The van der Waals surface area contributed by atoms with Crippen LogP contribution >= 0.6 is 0 Å². The van der Waals surface area contributed by atoms with Crippen LogP contribution in [0.5, 0.6) is 5.75 Å². The van der Waals surface area contributed by atoms with Gasteiger partial charge in [0.05, 0.1) is 16.7 Å². The molecule has 1 N–H and O–H groups in total. The number of anilines is 1. The van der Waals surface area contributed by atoms with Crippen molar-refractivity contribution in [3.8, 4) is 17.0 Å². The van der Waals surface area contributed by atoms with Crippen LogP contribution in [0, 0.1) is 12.7 Å². The number of benzene rings is 1. The van der Waals surface area contributed by atoms with Gasteiger partial charge < -0.3 is 24.1 Å². The molecule has 8 nitrogen and oxygen atoms in total. The minimum atomic E-state index is -0.621. The first kappa shape index (κ1) is 23.1. The molecule has 0 bridgehead atoms. The lowest BCUT2D eigenvalue weighted by Crippen LogP contribution is -2.43. The van der Waals surface area contributed by atoms with Crippen LogP contribution in [0.25, 0.3) is 33.4 Å². The maximum absolute atomic E-state index is 15.3. The molecule has 0 radical (unpaired) electrons. The Bertz CT molecular complexity index is 1440. The van der Waals surface area contributed by atoms with E-state index in [9.17, 15) is 4.39 Å². The minimum Gasteiger partial charge on any atom is -0.464 e. The van der Waals surface area contributed by atoms with Gasteiger partial charge in [0.2, 0.25) is 0 Å². The fraction of sp³-hybridized carbons (Fsp3) is 0.423. The Labute approximate surface area is 206 Å². The highest BCUT2D eigenvalue weighted by molar-refractivity contribution is 5.87. The summed E-state index contributed by atoms with van der Waals surface area (Å²) in [5.74, 6) is 0.606. The first-order valence-corrected chi connectivity index (χ1v) is 12.1. The van der Waals surface area contributed by atoms with Gasteiger partial charge in [-0.25, -0.2) is 23.7 Å². The summed E-state index contributed by atoms with van der Waals surface area (Å²) in [5, 5.41) is 3.50. The summed E-state index contributed by atoms with van der Waals surface area (Å²) in [5.41, 5.74) is 2.48. The zero-order valence-electron chi connectivity index (χ0n) is 20.2. The summed E-state index contributed by atoms with van der Waals surface area (Å²) >= 11 is 0. The molecule has 1 aliphatic heterocycles. The van der Waals surface area contributed by atoms with Crippen molar-refractivity contribution in [2.75, 3.05) is 38.6 Å². The summed E-state index contributed by atoms with van der Waals surface area (Å²) in [7, 11) is 1.47. The van der Waals surface area contributed by atoms with Gasteiger partial charge in [0.1, 0.15) is 18.0 Å². The Morgan fingerprint density at radius 1 is 1.17 bits per heavy atom. The number of oxazole rings is 1. The van der Waals surface area contributed by atoms with E-state index in [0.717, 1.165) is 43.7 Å². The molecule has 188 valence electrons. The number of hydrogen-bond donors (Lipinski definition) is 1. The highest BCUT2D eigenvalue weighted by Crippen LogP contribution is 2.39. The average Bonchev–Trinajstić information content (AvgIpc) is 3.32. The number of pyridine rings is 2. The lowest BCUT2D eigenvalue weighted by atomic mass is 10.1. The minimum absolute atomic E-state index is 0.00593. The van der Waals surface area contributed by atoms with Crippen molar-refractivity contribution in [1.29, 1.82) is 0 Å². The zero-order chi connectivity index (χ0) is 24.9. The van der Waals surface area contributed by atoms with E-state index >= 15 is 4.39 Å². The van der Waals surface area contributed by atoms with Crippen LogP contribution in [-0.4, -0.2) is 60.2 Å². The number of nitrogens with zero attached hydrogens (tertiary/aromatic N) is 4. The molecule has 1 atom stereocenters. The highest BCUT2D eigenvalue weighted by atomic mass is 19.1. The Balaban J connectivity index is 1.30. The average molecular weight is 496 g/mol. The monoisotopic (exact) mass is 495 g/mol. The second kappa shape index (κ2) is 8.94. The Morgan fingerprint density at radius 3 is 2.75 bits per heavy atom. The largest absolute Gasteiger partial charge is 0.464 e. The van der Waals surface area contributed by atoms with Crippen LogP contribution in [0.3, 0.4) is 0 Å². The highest BCUT2D eigenvalue weighted by Gasteiger charge is 2.45. The first-order valence-electron chi connectivity index (χ1n) is 12.1. The Hall–Kier alpha value is -3.37. The number of halogens is 2. The Kier molecular flexibility index (Phi) is 5.72. The molecule has 2 fully saturated rings. The number of aryl methyl sites for hydroxylation is 1. The molecule has 36 heavy (non-hydrogen) atoms. The molecule has 0 spiro atoms. The SMILES string of the molecule is COCOc1c(-c2ccc3nc(N4CC[C@@H](NC5(CF)CC5)C4)ccc3n2)cc2oc(C)nc2c1F. The van der Waals surface area contributed by atoms with Crippen molar-refractivity contribution in [3.05, 3.63) is 42.0 Å². The lowest BCUT2D eigenvalue weighted by molar-refractivity contribution is 0.0489. The molecule has 1 saturated heterocycles. The summed E-state index contributed by atoms with van der Waals surface area (Å²) in [6.07, 6.45) is 2.78. The van der Waals surface area contributed by atoms with Crippen molar-refractivity contribution in [2.24, 2.45) is 0 Å². The fourth-order valence-electron chi connectivity index (χ4n) is 4.88. The quantitative estimate of drug-likeness (QED) is 0.357. The lowest BCUT2D eigenvalue weighted by Gasteiger charge is -2.21. The third-order valence-corrected chi connectivity index (χ3v) is 6.94. The van der Waals surface area contributed by atoms with Gasteiger partial charge in [-0.1, -0.05) is 0 Å². The number of aromatic nitrogens is 3. The second-order valence-corrected chi connectivity index (χ2v) is 9.59. The van der Waals surface area contributed by atoms with E-state index in [2.05, 4.69) is 15.2 Å². The van der Waals surface area contributed by atoms with Crippen LogP contribution in [0.4, 0.5) is 14.6 Å². The van der Waals surface area contributed by atoms with Crippen molar-refractivity contribution in [3.63, 3.8) is 0 Å². The molecule has 4 aromatic rings. The smallest absolute Gasteiger partial charge is 0.195 e. The molecule has 0 amide bonds. The molecule has 1 aromatic carbocycles.